The highest BCUT2D eigenvalue weighted by Crippen LogP contribution is 2.19. The lowest BCUT2D eigenvalue weighted by molar-refractivity contribution is -0.156. The average Bonchev–Trinajstić information content (AvgIpc) is 2.22. The van der Waals surface area contributed by atoms with Crippen molar-refractivity contribution in [3.63, 3.8) is 0 Å². The molecule has 4 nitrogen and oxygen atoms in total. The molecule has 0 saturated heterocycles. The fourth-order valence-corrected chi connectivity index (χ4v) is 1.51. The first-order valence-corrected chi connectivity index (χ1v) is 5.77. The van der Waals surface area contributed by atoms with Crippen molar-refractivity contribution in [1.29, 1.82) is 0 Å². The maximum Gasteiger partial charge on any atom is 0.254 e. The maximum atomic E-state index is 12.2. The van der Waals surface area contributed by atoms with Crippen LogP contribution in [0.1, 0.15) is 41.0 Å². The summed E-state index contributed by atoms with van der Waals surface area (Å²) in [6.45, 7) is 9.87. The summed E-state index contributed by atoms with van der Waals surface area (Å²) < 4.78 is 5.27. The van der Waals surface area contributed by atoms with Crippen molar-refractivity contribution in [2.75, 3.05) is 20.2 Å². The Labute approximate surface area is 98.6 Å². The SMILES string of the molecule is CCN(CC(C)(C)O)C(=O)C(C)(CC)OC. The molecular formula is C12H25NO3. The Kier molecular flexibility index (Phi) is 5.42. The highest BCUT2D eigenvalue weighted by atomic mass is 16.5. The van der Waals surface area contributed by atoms with Crippen molar-refractivity contribution in [2.45, 2.75) is 52.2 Å². The fraction of sp³-hybridized carbons (Fsp3) is 0.917. The van der Waals surface area contributed by atoms with Crippen LogP contribution in [-0.4, -0.2) is 47.3 Å². The normalized spacial score (nSPS) is 15.7. The molecule has 4 heteroatoms. The second-order valence-electron chi connectivity index (χ2n) is 4.92. The van der Waals surface area contributed by atoms with Crippen molar-refractivity contribution in [3.05, 3.63) is 0 Å². The van der Waals surface area contributed by atoms with E-state index in [0.29, 0.717) is 19.5 Å². The fourth-order valence-electron chi connectivity index (χ4n) is 1.51. The molecule has 0 radical (unpaired) electrons. The van der Waals surface area contributed by atoms with Crippen LogP contribution in [0, 0.1) is 0 Å². The highest BCUT2D eigenvalue weighted by Gasteiger charge is 2.36. The van der Waals surface area contributed by atoms with Gasteiger partial charge in [-0.25, -0.2) is 0 Å². The molecule has 96 valence electrons. The lowest BCUT2D eigenvalue weighted by Crippen LogP contribution is -2.51. The number of ether oxygens (including phenoxy) is 1. The molecule has 0 aliphatic heterocycles. The van der Waals surface area contributed by atoms with E-state index in [0.717, 1.165) is 0 Å². The Balaban J connectivity index is 4.78. The van der Waals surface area contributed by atoms with E-state index in [2.05, 4.69) is 0 Å². The summed E-state index contributed by atoms with van der Waals surface area (Å²) in [6, 6.07) is 0. The van der Waals surface area contributed by atoms with Crippen molar-refractivity contribution >= 4 is 5.91 Å². The van der Waals surface area contributed by atoms with E-state index in [1.165, 1.54) is 0 Å². The van der Waals surface area contributed by atoms with Crippen LogP contribution in [0.15, 0.2) is 0 Å². The van der Waals surface area contributed by atoms with Crippen LogP contribution in [0.4, 0.5) is 0 Å². The number of aliphatic hydroxyl groups is 1. The Morgan fingerprint density at radius 2 is 1.81 bits per heavy atom. The minimum absolute atomic E-state index is 0.0675. The van der Waals surface area contributed by atoms with Crippen LogP contribution in [0.3, 0.4) is 0 Å². The molecule has 0 rings (SSSR count). The van der Waals surface area contributed by atoms with E-state index in [1.807, 2.05) is 13.8 Å². The molecule has 0 aromatic carbocycles. The van der Waals surface area contributed by atoms with Gasteiger partial charge in [-0.15, -0.1) is 0 Å². The summed E-state index contributed by atoms with van der Waals surface area (Å²) in [5.74, 6) is -0.0675. The standard InChI is InChI=1S/C12H25NO3/c1-7-12(5,16-6)10(14)13(8-2)9-11(3,4)15/h15H,7-9H2,1-6H3. The summed E-state index contributed by atoms with van der Waals surface area (Å²) in [5.41, 5.74) is -1.67. The van der Waals surface area contributed by atoms with Crippen LogP contribution >= 0.6 is 0 Å². The van der Waals surface area contributed by atoms with Gasteiger partial charge in [0.1, 0.15) is 5.60 Å². The Hall–Kier alpha value is -0.610. The van der Waals surface area contributed by atoms with Crippen molar-refractivity contribution in [3.8, 4) is 0 Å². The molecule has 0 saturated carbocycles. The molecule has 0 aliphatic rings. The summed E-state index contributed by atoms with van der Waals surface area (Å²) in [5, 5.41) is 9.74. The molecular weight excluding hydrogens is 206 g/mol. The van der Waals surface area contributed by atoms with E-state index >= 15 is 0 Å². The Morgan fingerprint density at radius 1 is 1.31 bits per heavy atom. The molecule has 1 amide bonds. The number of rotatable bonds is 6. The quantitative estimate of drug-likeness (QED) is 0.752. The second kappa shape index (κ2) is 5.64. The monoisotopic (exact) mass is 231 g/mol. The molecule has 0 aromatic rings. The number of amides is 1. The number of carbonyl (C=O) groups is 1. The zero-order valence-electron chi connectivity index (χ0n) is 11.3. The van der Waals surface area contributed by atoms with E-state index in [-0.39, 0.29) is 5.91 Å². The van der Waals surface area contributed by atoms with E-state index in [1.54, 1.807) is 32.8 Å². The summed E-state index contributed by atoms with van der Waals surface area (Å²) in [4.78, 5) is 13.9. The molecule has 1 atom stereocenters. The number of methoxy groups -OCH3 is 1. The molecule has 0 aromatic heterocycles. The molecule has 1 N–H and O–H groups in total. The van der Waals surface area contributed by atoms with Crippen LogP contribution in [0.5, 0.6) is 0 Å². The van der Waals surface area contributed by atoms with Crippen LogP contribution in [-0.2, 0) is 9.53 Å². The molecule has 0 aliphatic carbocycles. The van der Waals surface area contributed by atoms with E-state index in [9.17, 15) is 9.90 Å². The van der Waals surface area contributed by atoms with Crippen molar-refractivity contribution < 1.29 is 14.6 Å². The third-order valence-corrected chi connectivity index (χ3v) is 2.82. The molecule has 0 fully saturated rings. The number of carbonyl (C=O) groups excluding carboxylic acids is 1. The van der Waals surface area contributed by atoms with Crippen molar-refractivity contribution in [2.24, 2.45) is 0 Å². The third kappa shape index (κ3) is 4.10. The van der Waals surface area contributed by atoms with Gasteiger partial charge >= 0.3 is 0 Å². The van der Waals surface area contributed by atoms with Gasteiger partial charge in [-0.1, -0.05) is 6.92 Å². The molecule has 0 heterocycles. The molecule has 1 unspecified atom stereocenters. The van der Waals surface area contributed by atoms with Gasteiger partial charge in [0.25, 0.3) is 5.91 Å². The Bertz CT molecular complexity index is 229. The zero-order valence-corrected chi connectivity index (χ0v) is 11.3. The first kappa shape index (κ1) is 15.4. The van der Waals surface area contributed by atoms with Gasteiger partial charge in [0, 0.05) is 20.2 Å². The first-order chi connectivity index (χ1) is 7.20. The van der Waals surface area contributed by atoms with Gasteiger partial charge in [0.05, 0.1) is 5.60 Å². The van der Waals surface area contributed by atoms with Crippen LogP contribution in [0.2, 0.25) is 0 Å². The number of hydrogen-bond acceptors (Lipinski definition) is 3. The summed E-state index contributed by atoms with van der Waals surface area (Å²) in [7, 11) is 1.54. The third-order valence-electron chi connectivity index (χ3n) is 2.82. The number of likely N-dealkylation sites (N-methyl/N-ethyl adjacent to an activating group) is 1. The van der Waals surface area contributed by atoms with Crippen molar-refractivity contribution in [1.82, 2.24) is 4.90 Å². The van der Waals surface area contributed by atoms with Gasteiger partial charge in [0.2, 0.25) is 0 Å². The summed E-state index contributed by atoms with van der Waals surface area (Å²) in [6.07, 6.45) is 0.616. The van der Waals surface area contributed by atoms with Gasteiger partial charge in [-0.2, -0.15) is 0 Å². The molecule has 0 bridgehead atoms. The average molecular weight is 231 g/mol. The number of hydrogen-bond donors (Lipinski definition) is 1. The minimum Gasteiger partial charge on any atom is -0.389 e. The van der Waals surface area contributed by atoms with Crippen LogP contribution in [0.25, 0.3) is 0 Å². The second-order valence-corrected chi connectivity index (χ2v) is 4.92. The predicted octanol–water partition coefficient (Wildman–Crippen LogP) is 1.42. The maximum absolute atomic E-state index is 12.2. The Morgan fingerprint density at radius 3 is 2.06 bits per heavy atom. The van der Waals surface area contributed by atoms with Gasteiger partial charge in [0.15, 0.2) is 0 Å². The van der Waals surface area contributed by atoms with E-state index in [4.69, 9.17) is 4.74 Å². The predicted molar refractivity (Wildman–Crippen MR) is 64.3 cm³/mol. The molecule has 16 heavy (non-hydrogen) atoms. The first-order valence-electron chi connectivity index (χ1n) is 5.77. The van der Waals surface area contributed by atoms with Crippen LogP contribution < -0.4 is 0 Å². The highest BCUT2D eigenvalue weighted by molar-refractivity contribution is 5.84. The molecule has 0 spiro atoms. The van der Waals surface area contributed by atoms with Gasteiger partial charge < -0.3 is 14.7 Å². The lowest BCUT2D eigenvalue weighted by Gasteiger charge is -2.35. The van der Waals surface area contributed by atoms with Gasteiger partial charge in [-0.3, -0.25) is 4.79 Å². The zero-order chi connectivity index (χ0) is 13.0. The van der Waals surface area contributed by atoms with Gasteiger partial charge in [-0.05, 0) is 34.1 Å². The number of nitrogens with zero attached hydrogens (tertiary/aromatic N) is 1. The smallest absolute Gasteiger partial charge is 0.254 e. The lowest BCUT2D eigenvalue weighted by atomic mass is 10.00. The topological polar surface area (TPSA) is 49.8 Å². The largest absolute Gasteiger partial charge is 0.389 e. The minimum atomic E-state index is -0.881. The summed E-state index contributed by atoms with van der Waals surface area (Å²) >= 11 is 0. The van der Waals surface area contributed by atoms with E-state index < -0.39 is 11.2 Å².